The number of hydrogen-bond donors (Lipinski definition) is 0. The zero-order valence-corrected chi connectivity index (χ0v) is 18.0. The summed E-state index contributed by atoms with van der Waals surface area (Å²) in [6.45, 7) is 14.0. The first-order valence-corrected chi connectivity index (χ1v) is 10.4. The smallest absolute Gasteiger partial charge is 0.410 e. The molecular weight excluding hydrogens is 362 g/mol. The number of carbonyl (C=O) groups is 1. The Morgan fingerprint density at radius 3 is 2.22 bits per heavy atom. The number of anilines is 1. The molecule has 0 radical (unpaired) electrons. The molecule has 150 valence electrons. The van der Waals surface area contributed by atoms with Gasteiger partial charge in [-0.05, 0) is 47.6 Å². The summed E-state index contributed by atoms with van der Waals surface area (Å²) in [4.78, 5) is 16.2. The molecule has 1 amide bonds. The van der Waals surface area contributed by atoms with Gasteiger partial charge in [0.1, 0.15) is 16.6 Å². The predicted octanol–water partition coefficient (Wildman–Crippen LogP) is 3.62. The summed E-state index contributed by atoms with van der Waals surface area (Å²) >= 11 is 0. The summed E-state index contributed by atoms with van der Waals surface area (Å²) in [5.41, 5.74) is 1.48. The van der Waals surface area contributed by atoms with Crippen molar-refractivity contribution >= 4 is 29.0 Å². The van der Waals surface area contributed by atoms with Crippen molar-refractivity contribution in [3.63, 3.8) is 0 Å². The van der Waals surface area contributed by atoms with Crippen LogP contribution in [0.15, 0.2) is 28.7 Å². The third kappa shape index (κ3) is 6.34. The molecule has 6 nitrogen and oxygen atoms in total. The molecule has 7 heteroatoms. The fraction of sp³-hybridized carbons (Fsp3) is 0.600. The molecule has 1 aromatic carbocycles. The SMILES string of the molecule is CC(C)(C)OC(=O)N1CCN(c2ccccc2/C=N/S(=O)C(C)(C)C)CC1. The van der Waals surface area contributed by atoms with Gasteiger partial charge in [-0.3, -0.25) is 0 Å². The van der Waals surface area contributed by atoms with Crippen molar-refractivity contribution in [2.24, 2.45) is 4.40 Å². The number of benzene rings is 1. The molecule has 1 atom stereocenters. The van der Waals surface area contributed by atoms with Crippen molar-refractivity contribution in [1.82, 2.24) is 4.90 Å². The van der Waals surface area contributed by atoms with Gasteiger partial charge in [0.25, 0.3) is 0 Å². The average Bonchev–Trinajstić information content (AvgIpc) is 2.57. The highest BCUT2D eigenvalue weighted by Crippen LogP contribution is 2.22. The van der Waals surface area contributed by atoms with Crippen LogP contribution < -0.4 is 4.90 Å². The van der Waals surface area contributed by atoms with Gasteiger partial charge in [0.15, 0.2) is 0 Å². The molecule has 1 unspecified atom stereocenters. The predicted molar refractivity (Wildman–Crippen MR) is 112 cm³/mol. The summed E-state index contributed by atoms with van der Waals surface area (Å²) in [6.07, 6.45) is 1.43. The van der Waals surface area contributed by atoms with Crippen molar-refractivity contribution in [3.8, 4) is 0 Å². The maximum atomic E-state index is 12.2. The molecule has 0 aromatic heterocycles. The number of piperazine rings is 1. The zero-order chi connectivity index (χ0) is 20.2. The first-order chi connectivity index (χ1) is 12.5. The van der Waals surface area contributed by atoms with Crippen LogP contribution in [0.4, 0.5) is 10.5 Å². The van der Waals surface area contributed by atoms with E-state index < -0.39 is 16.6 Å². The number of amides is 1. The van der Waals surface area contributed by atoms with Crippen LogP contribution in [-0.2, 0) is 15.7 Å². The lowest BCUT2D eigenvalue weighted by Crippen LogP contribution is -2.50. The molecule has 0 aliphatic carbocycles. The van der Waals surface area contributed by atoms with E-state index in [-0.39, 0.29) is 10.8 Å². The van der Waals surface area contributed by atoms with Crippen molar-refractivity contribution in [1.29, 1.82) is 0 Å². The van der Waals surface area contributed by atoms with Crippen LogP contribution in [0.1, 0.15) is 47.1 Å². The van der Waals surface area contributed by atoms with Gasteiger partial charge in [0.2, 0.25) is 0 Å². The first-order valence-electron chi connectivity index (χ1n) is 9.25. The second-order valence-corrected chi connectivity index (χ2v) is 10.5. The van der Waals surface area contributed by atoms with Crippen LogP contribution in [0.2, 0.25) is 0 Å². The van der Waals surface area contributed by atoms with E-state index >= 15 is 0 Å². The largest absolute Gasteiger partial charge is 0.444 e. The van der Waals surface area contributed by atoms with Crippen LogP contribution in [-0.4, -0.2) is 57.9 Å². The van der Waals surface area contributed by atoms with Gasteiger partial charge in [0.05, 0.1) is 4.75 Å². The van der Waals surface area contributed by atoms with E-state index in [1.54, 1.807) is 11.1 Å². The third-order valence-corrected chi connectivity index (χ3v) is 5.36. The molecule has 0 bridgehead atoms. The van der Waals surface area contributed by atoms with Crippen LogP contribution in [0.3, 0.4) is 0 Å². The van der Waals surface area contributed by atoms with E-state index in [1.165, 1.54) is 0 Å². The fourth-order valence-corrected chi connectivity index (χ4v) is 3.13. The van der Waals surface area contributed by atoms with Crippen LogP contribution in [0.25, 0.3) is 0 Å². The Balaban J connectivity index is 2.06. The third-order valence-electron chi connectivity index (χ3n) is 4.02. The summed E-state index contributed by atoms with van der Waals surface area (Å²) < 4.78 is 21.5. The van der Waals surface area contributed by atoms with Gasteiger partial charge in [-0.15, -0.1) is 0 Å². The van der Waals surface area contributed by atoms with Crippen molar-refractivity contribution < 1.29 is 13.7 Å². The molecule has 2 rings (SSSR count). The lowest BCUT2D eigenvalue weighted by atomic mass is 10.1. The Hall–Kier alpha value is -1.89. The Morgan fingerprint density at radius 2 is 1.67 bits per heavy atom. The van der Waals surface area contributed by atoms with Gasteiger partial charge < -0.3 is 14.5 Å². The van der Waals surface area contributed by atoms with E-state index in [2.05, 4.69) is 9.30 Å². The molecule has 0 N–H and O–H groups in total. The number of carbonyl (C=O) groups excluding carboxylic acids is 1. The second kappa shape index (κ2) is 8.42. The van der Waals surface area contributed by atoms with Crippen LogP contribution in [0, 0.1) is 0 Å². The standard InChI is InChI=1S/C20H31N3O3S/c1-19(2,3)26-18(24)23-13-11-22(12-14-23)17-10-8-7-9-16(17)15-21-27(25)20(4,5)6/h7-10,15H,11-14H2,1-6H3/b21-15+. The summed E-state index contributed by atoms with van der Waals surface area (Å²) in [6, 6.07) is 7.93. The maximum Gasteiger partial charge on any atom is 0.410 e. The Morgan fingerprint density at radius 1 is 1.07 bits per heavy atom. The zero-order valence-electron chi connectivity index (χ0n) is 17.2. The molecule has 0 saturated carbocycles. The van der Waals surface area contributed by atoms with Crippen molar-refractivity contribution in [2.75, 3.05) is 31.1 Å². The van der Waals surface area contributed by atoms with E-state index in [0.717, 1.165) is 11.3 Å². The van der Waals surface area contributed by atoms with Gasteiger partial charge in [-0.1, -0.05) is 18.2 Å². The Bertz CT molecular complexity index is 712. The minimum atomic E-state index is -1.29. The number of rotatable bonds is 3. The van der Waals surface area contributed by atoms with Crippen molar-refractivity contribution in [2.45, 2.75) is 51.9 Å². The van der Waals surface area contributed by atoms with Crippen LogP contribution in [0.5, 0.6) is 0 Å². The summed E-state index contributed by atoms with van der Waals surface area (Å²) in [5, 5.41) is 0. The molecule has 1 heterocycles. The maximum absolute atomic E-state index is 12.2. The van der Waals surface area contributed by atoms with Gasteiger partial charge in [-0.25, -0.2) is 9.00 Å². The van der Waals surface area contributed by atoms with E-state index in [1.807, 2.05) is 65.8 Å². The van der Waals surface area contributed by atoms with Gasteiger partial charge >= 0.3 is 6.09 Å². The molecule has 0 spiro atoms. The van der Waals surface area contributed by atoms with Crippen molar-refractivity contribution in [3.05, 3.63) is 29.8 Å². The highest BCUT2D eigenvalue weighted by Gasteiger charge is 2.26. The number of para-hydroxylation sites is 1. The normalized spacial score (nSPS) is 17.3. The molecule has 1 aliphatic rings. The Labute approximate surface area is 165 Å². The van der Waals surface area contributed by atoms with E-state index in [4.69, 9.17) is 4.74 Å². The first kappa shape index (κ1) is 21.4. The minimum absolute atomic E-state index is 0.266. The molecule has 1 fully saturated rings. The van der Waals surface area contributed by atoms with E-state index in [9.17, 15) is 9.00 Å². The summed E-state index contributed by atoms with van der Waals surface area (Å²) in [7, 11) is -1.29. The number of hydrogen-bond acceptors (Lipinski definition) is 4. The molecule has 1 aliphatic heterocycles. The second-order valence-electron chi connectivity index (χ2n) is 8.61. The number of nitrogens with zero attached hydrogens (tertiary/aromatic N) is 3. The molecule has 27 heavy (non-hydrogen) atoms. The van der Waals surface area contributed by atoms with Gasteiger partial charge in [-0.2, -0.15) is 4.40 Å². The highest BCUT2D eigenvalue weighted by molar-refractivity contribution is 7.85. The lowest BCUT2D eigenvalue weighted by Gasteiger charge is -2.37. The highest BCUT2D eigenvalue weighted by atomic mass is 32.2. The fourth-order valence-electron chi connectivity index (χ4n) is 2.60. The lowest BCUT2D eigenvalue weighted by molar-refractivity contribution is 0.0240. The quantitative estimate of drug-likeness (QED) is 0.736. The molecule has 1 saturated heterocycles. The summed E-state index contributed by atoms with van der Waals surface area (Å²) in [5.74, 6) is 0. The molecule has 1 aromatic rings. The van der Waals surface area contributed by atoms with Gasteiger partial charge in [0, 0.05) is 43.6 Å². The molecular formula is C20H31N3O3S. The van der Waals surface area contributed by atoms with Crippen LogP contribution >= 0.6 is 0 Å². The minimum Gasteiger partial charge on any atom is -0.444 e. The topological polar surface area (TPSA) is 62.2 Å². The average molecular weight is 394 g/mol. The Kier molecular flexibility index (Phi) is 6.68. The number of ether oxygens (including phenoxy) is 1. The van der Waals surface area contributed by atoms with E-state index in [0.29, 0.717) is 26.2 Å². The monoisotopic (exact) mass is 393 g/mol.